The van der Waals surface area contributed by atoms with Crippen LogP contribution in [0.4, 0.5) is 0 Å². The minimum atomic E-state index is 0. The van der Waals surface area contributed by atoms with Crippen LogP contribution < -0.4 is 14.8 Å². The van der Waals surface area contributed by atoms with E-state index in [0.717, 1.165) is 23.0 Å². The largest absolute Gasteiger partial charge is 0.497 e. The third kappa shape index (κ3) is 7.55. The minimum Gasteiger partial charge on any atom is -0.497 e. The number of ether oxygens (including phenoxy) is 3. The molecule has 2 aromatic rings. The van der Waals surface area contributed by atoms with E-state index in [4.69, 9.17) is 14.2 Å². The topological polar surface area (TPSA) is 55.3 Å². The zero-order valence-corrected chi connectivity index (χ0v) is 19.3. The number of guanidine groups is 1. The summed E-state index contributed by atoms with van der Waals surface area (Å²) in [5.74, 6) is 2.37. The first kappa shape index (κ1) is 24.0. The molecule has 0 unspecified atom stereocenters. The van der Waals surface area contributed by atoms with Crippen LogP contribution in [0.2, 0.25) is 0 Å². The second kappa shape index (κ2) is 13.2. The monoisotopic (exact) mass is 499 g/mol. The Hall–Kier alpha value is -2.00. The summed E-state index contributed by atoms with van der Waals surface area (Å²) in [4.78, 5) is 6.38. The van der Waals surface area contributed by atoms with Crippen molar-refractivity contribution in [1.29, 1.82) is 0 Å². The summed E-state index contributed by atoms with van der Waals surface area (Å²) < 4.78 is 16.4. The quantitative estimate of drug-likeness (QED) is 0.248. The molecule has 2 aromatic carbocycles. The number of nitrogens with one attached hydrogen (secondary N) is 1. The van der Waals surface area contributed by atoms with Gasteiger partial charge in [0, 0.05) is 38.8 Å². The maximum atomic E-state index is 5.70. The van der Waals surface area contributed by atoms with Gasteiger partial charge in [0.1, 0.15) is 11.5 Å². The number of hydrogen-bond donors (Lipinski definition) is 1. The van der Waals surface area contributed by atoms with Gasteiger partial charge < -0.3 is 24.4 Å². The molecule has 0 aromatic heterocycles. The van der Waals surface area contributed by atoms with Gasteiger partial charge in [-0.25, -0.2) is 0 Å². The molecule has 0 amide bonds. The highest BCUT2D eigenvalue weighted by Gasteiger charge is 2.11. The van der Waals surface area contributed by atoms with Crippen molar-refractivity contribution < 1.29 is 14.2 Å². The van der Waals surface area contributed by atoms with Crippen molar-refractivity contribution in [3.63, 3.8) is 0 Å². The van der Waals surface area contributed by atoms with E-state index in [1.54, 1.807) is 21.3 Å². The maximum absolute atomic E-state index is 5.70. The first-order chi connectivity index (χ1) is 13.2. The lowest BCUT2D eigenvalue weighted by Crippen LogP contribution is -2.40. The lowest BCUT2D eigenvalue weighted by atomic mass is 10.2. The summed E-state index contributed by atoms with van der Waals surface area (Å²) in [5, 5.41) is 3.32. The molecule has 28 heavy (non-hydrogen) atoms. The maximum Gasteiger partial charge on any atom is 0.193 e. The van der Waals surface area contributed by atoms with Gasteiger partial charge in [0.2, 0.25) is 0 Å². The van der Waals surface area contributed by atoms with Crippen molar-refractivity contribution in [1.82, 2.24) is 10.2 Å². The van der Waals surface area contributed by atoms with Gasteiger partial charge in [-0.05, 0) is 17.7 Å². The number of nitrogens with zero attached hydrogens (tertiary/aromatic N) is 2. The Morgan fingerprint density at radius 2 is 1.82 bits per heavy atom. The molecule has 0 heterocycles. The second-order valence-corrected chi connectivity index (χ2v) is 6.05. The van der Waals surface area contributed by atoms with E-state index in [1.165, 1.54) is 5.56 Å². The van der Waals surface area contributed by atoms with Gasteiger partial charge >= 0.3 is 0 Å². The molecule has 154 valence electrons. The molecule has 0 aliphatic carbocycles. The van der Waals surface area contributed by atoms with Crippen LogP contribution in [0.1, 0.15) is 11.1 Å². The van der Waals surface area contributed by atoms with Crippen LogP contribution in [-0.2, 0) is 17.9 Å². The molecular formula is C21H30IN3O3. The predicted molar refractivity (Wildman–Crippen MR) is 124 cm³/mol. The third-order valence-electron chi connectivity index (χ3n) is 4.12. The average molecular weight is 499 g/mol. The highest BCUT2D eigenvalue weighted by molar-refractivity contribution is 14.0. The highest BCUT2D eigenvalue weighted by atomic mass is 127. The molecule has 0 fully saturated rings. The van der Waals surface area contributed by atoms with Gasteiger partial charge in [0.25, 0.3) is 0 Å². The summed E-state index contributed by atoms with van der Waals surface area (Å²) in [6.07, 6.45) is 0. The standard InChI is InChI=1S/C21H29N3O3.HI/c1-22-21(23-12-13-27-16-17-8-6-5-7-9-17)24(2)15-18-10-11-19(25-3)14-20(18)26-4;/h5-11,14H,12-13,15-16H2,1-4H3,(H,22,23);1H. The highest BCUT2D eigenvalue weighted by Crippen LogP contribution is 2.25. The fourth-order valence-electron chi connectivity index (χ4n) is 2.70. The fourth-order valence-corrected chi connectivity index (χ4v) is 2.70. The van der Waals surface area contributed by atoms with Crippen molar-refractivity contribution in [3.8, 4) is 11.5 Å². The summed E-state index contributed by atoms with van der Waals surface area (Å²) in [7, 11) is 7.07. The van der Waals surface area contributed by atoms with Gasteiger partial charge in [-0.1, -0.05) is 30.3 Å². The van der Waals surface area contributed by atoms with E-state index in [0.29, 0.717) is 26.3 Å². The van der Waals surface area contributed by atoms with Gasteiger partial charge in [-0.3, -0.25) is 4.99 Å². The third-order valence-corrected chi connectivity index (χ3v) is 4.12. The van der Waals surface area contributed by atoms with E-state index in [-0.39, 0.29) is 24.0 Å². The Labute approximate surface area is 184 Å². The van der Waals surface area contributed by atoms with Crippen LogP contribution in [0, 0.1) is 0 Å². The van der Waals surface area contributed by atoms with E-state index in [1.807, 2.05) is 48.3 Å². The lowest BCUT2D eigenvalue weighted by Gasteiger charge is -2.23. The van der Waals surface area contributed by atoms with E-state index in [9.17, 15) is 0 Å². The van der Waals surface area contributed by atoms with Crippen LogP contribution >= 0.6 is 24.0 Å². The van der Waals surface area contributed by atoms with Crippen LogP contribution in [0.25, 0.3) is 0 Å². The normalized spacial score (nSPS) is 10.8. The Balaban J connectivity index is 0.00000392. The molecule has 0 aliphatic rings. The Bertz CT molecular complexity index is 726. The number of hydrogen-bond acceptors (Lipinski definition) is 4. The molecule has 7 heteroatoms. The van der Waals surface area contributed by atoms with Crippen LogP contribution in [0.3, 0.4) is 0 Å². The second-order valence-electron chi connectivity index (χ2n) is 6.05. The van der Waals surface area contributed by atoms with Crippen LogP contribution in [0.15, 0.2) is 53.5 Å². The zero-order chi connectivity index (χ0) is 19.5. The van der Waals surface area contributed by atoms with Gasteiger partial charge in [-0.2, -0.15) is 0 Å². The molecule has 6 nitrogen and oxygen atoms in total. The van der Waals surface area contributed by atoms with E-state index in [2.05, 4.69) is 22.4 Å². The predicted octanol–water partition coefficient (Wildman–Crippen LogP) is 3.55. The summed E-state index contributed by atoms with van der Waals surface area (Å²) in [5.41, 5.74) is 2.23. The average Bonchev–Trinajstić information content (AvgIpc) is 2.71. The number of rotatable bonds is 9. The van der Waals surface area contributed by atoms with E-state index >= 15 is 0 Å². The molecule has 1 N–H and O–H groups in total. The number of halogens is 1. The first-order valence-electron chi connectivity index (χ1n) is 8.92. The Morgan fingerprint density at radius 1 is 1.07 bits per heavy atom. The first-order valence-corrected chi connectivity index (χ1v) is 8.92. The zero-order valence-electron chi connectivity index (χ0n) is 17.0. The lowest BCUT2D eigenvalue weighted by molar-refractivity contribution is 0.125. The van der Waals surface area contributed by atoms with E-state index < -0.39 is 0 Å². The summed E-state index contributed by atoms with van der Waals surface area (Å²) in [6, 6.07) is 16.0. The van der Waals surface area contributed by atoms with Crippen molar-refractivity contribution in [2.24, 2.45) is 4.99 Å². The molecule has 0 spiro atoms. The number of methoxy groups -OCH3 is 2. The van der Waals surface area contributed by atoms with Crippen molar-refractivity contribution in [2.75, 3.05) is 41.5 Å². The summed E-state index contributed by atoms with van der Waals surface area (Å²) >= 11 is 0. The van der Waals surface area contributed by atoms with Crippen molar-refractivity contribution >= 4 is 29.9 Å². The Kier molecular flexibility index (Phi) is 11.4. The molecule has 2 rings (SSSR count). The fraction of sp³-hybridized carbons (Fsp3) is 0.381. The van der Waals surface area contributed by atoms with Crippen molar-refractivity contribution in [2.45, 2.75) is 13.2 Å². The number of benzene rings is 2. The number of aliphatic imine (C=N–C) groups is 1. The molecule has 0 aliphatic heterocycles. The molecular weight excluding hydrogens is 469 g/mol. The Morgan fingerprint density at radius 3 is 2.46 bits per heavy atom. The van der Waals surface area contributed by atoms with Crippen LogP contribution in [-0.4, -0.2) is 52.3 Å². The van der Waals surface area contributed by atoms with Gasteiger partial charge in [0.15, 0.2) is 5.96 Å². The van der Waals surface area contributed by atoms with Gasteiger partial charge in [0.05, 0.1) is 27.4 Å². The van der Waals surface area contributed by atoms with Crippen LogP contribution in [0.5, 0.6) is 11.5 Å². The molecule has 0 atom stereocenters. The molecule has 0 bridgehead atoms. The summed E-state index contributed by atoms with van der Waals surface area (Å²) in [6.45, 7) is 2.56. The molecule has 0 saturated carbocycles. The van der Waals surface area contributed by atoms with Gasteiger partial charge in [-0.15, -0.1) is 24.0 Å². The smallest absolute Gasteiger partial charge is 0.193 e. The van der Waals surface area contributed by atoms with Crippen molar-refractivity contribution in [3.05, 3.63) is 59.7 Å². The molecule has 0 saturated heterocycles. The SMILES string of the molecule is CN=C(NCCOCc1ccccc1)N(C)Cc1ccc(OC)cc1OC.I. The molecule has 0 radical (unpaired) electrons. The minimum absolute atomic E-state index is 0.